The molecule has 0 atom stereocenters. The molecule has 0 amide bonds. The summed E-state index contributed by atoms with van der Waals surface area (Å²) in [5.41, 5.74) is 7.03. The summed E-state index contributed by atoms with van der Waals surface area (Å²) in [5.74, 6) is 1.23. The Morgan fingerprint density at radius 2 is 2.07 bits per heavy atom. The molecule has 0 spiro atoms. The maximum absolute atomic E-state index is 5.85. The van der Waals surface area contributed by atoms with E-state index < -0.39 is 0 Å². The van der Waals surface area contributed by atoms with E-state index in [1.165, 1.54) is 37.8 Å². The molecule has 1 heterocycles. The number of anilines is 1. The van der Waals surface area contributed by atoms with E-state index in [2.05, 4.69) is 17.2 Å². The predicted molar refractivity (Wildman–Crippen MR) is 55.9 cm³/mol. The first-order valence-electron chi connectivity index (χ1n) is 5.51. The number of hydrogen-bond donors (Lipinski definition) is 1. The molecule has 0 bridgehead atoms. The monoisotopic (exact) mass is 194 g/mol. The topological polar surface area (TPSA) is 56.7 Å². The van der Waals surface area contributed by atoms with Gasteiger partial charge in [-0.3, -0.25) is 0 Å². The zero-order valence-corrected chi connectivity index (χ0v) is 8.74. The van der Waals surface area contributed by atoms with Gasteiger partial charge in [-0.1, -0.05) is 24.5 Å². The van der Waals surface area contributed by atoms with Crippen molar-refractivity contribution >= 4 is 5.82 Å². The molecule has 1 aromatic rings. The lowest BCUT2D eigenvalue weighted by molar-refractivity contribution is 0.418. The summed E-state index contributed by atoms with van der Waals surface area (Å²) < 4.78 is 1.95. The van der Waals surface area contributed by atoms with Crippen molar-refractivity contribution < 1.29 is 0 Å². The molecular weight excluding hydrogens is 176 g/mol. The van der Waals surface area contributed by atoms with Gasteiger partial charge in [-0.05, 0) is 19.8 Å². The first-order chi connectivity index (χ1) is 6.83. The highest BCUT2D eigenvalue weighted by Gasteiger charge is 2.22. The van der Waals surface area contributed by atoms with Crippen LogP contribution >= 0.6 is 0 Å². The molecule has 1 saturated carbocycles. The summed E-state index contributed by atoms with van der Waals surface area (Å²) in [7, 11) is 0. The number of aromatic nitrogens is 3. The molecule has 0 aliphatic heterocycles. The van der Waals surface area contributed by atoms with Gasteiger partial charge in [0, 0.05) is 12.5 Å². The highest BCUT2D eigenvalue weighted by molar-refractivity contribution is 5.35. The van der Waals surface area contributed by atoms with Crippen molar-refractivity contribution in [2.75, 3.05) is 5.73 Å². The molecule has 0 saturated heterocycles. The number of hydrogen-bond acceptors (Lipinski definition) is 3. The molecule has 0 aromatic carbocycles. The predicted octanol–water partition coefficient (Wildman–Crippen LogP) is 1.93. The SMILES string of the molecule is CCn1nnc(N)c1C1CCCCC1. The Morgan fingerprint density at radius 1 is 1.36 bits per heavy atom. The summed E-state index contributed by atoms with van der Waals surface area (Å²) in [5, 5.41) is 8.00. The molecule has 4 heteroatoms. The van der Waals surface area contributed by atoms with E-state index in [9.17, 15) is 0 Å². The first kappa shape index (κ1) is 9.49. The molecule has 0 unspecified atom stereocenters. The molecule has 2 N–H and O–H groups in total. The molecule has 2 rings (SSSR count). The molecule has 1 aromatic heterocycles. The lowest BCUT2D eigenvalue weighted by atomic mass is 9.87. The number of rotatable bonds is 2. The third-order valence-corrected chi connectivity index (χ3v) is 3.09. The maximum Gasteiger partial charge on any atom is 0.169 e. The number of aryl methyl sites for hydroxylation is 1. The van der Waals surface area contributed by atoms with Crippen molar-refractivity contribution in [3.63, 3.8) is 0 Å². The van der Waals surface area contributed by atoms with Crippen LogP contribution in [0.15, 0.2) is 0 Å². The average molecular weight is 194 g/mol. The van der Waals surface area contributed by atoms with Gasteiger partial charge in [0.25, 0.3) is 0 Å². The van der Waals surface area contributed by atoms with Crippen LogP contribution in [0.25, 0.3) is 0 Å². The van der Waals surface area contributed by atoms with E-state index in [0.29, 0.717) is 11.7 Å². The lowest BCUT2D eigenvalue weighted by Crippen LogP contribution is -2.12. The third kappa shape index (κ3) is 1.61. The van der Waals surface area contributed by atoms with Crippen molar-refractivity contribution in [1.29, 1.82) is 0 Å². The Labute approximate surface area is 84.5 Å². The summed E-state index contributed by atoms with van der Waals surface area (Å²) in [4.78, 5) is 0. The molecule has 78 valence electrons. The number of nitrogens with two attached hydrogens (primary N) is 1. The first-order valence-corrected chi connectivity index (χ1v) is 5.51. The van der Waals surface area contributed by atoms with Crippen LogP contribution in [0, 0.1) is 0 Å². The van der Waals surface area contributed by atoms with Crippen LogP contribution in [-0.2, 0) is 6.54 Å². The smallest absolute Gasteiger partial charge is 0.169 e. The second kappa shape index (κ2) is 3.98. The Morgan fingerprint density at radius 3 is 2.71 bits per heavy atom. The van der Waals surface area contributed by atoms with Crippen molar-refractivity contribution in [2.24, 2.45) is 0 Å². The van der Waals surface area contributed by atoms with Crippen molar-refractivity contribution in [3.8, 4) is 0 Å². The standard InChI is InChI=1S/C10H18N4/c1-2-14-9(10(11)12-13-14)8-6-4-3-5-7-8/h8H,2-7,11H2,1H3. The summed E-state index contributed by atoms with van der Waals surface area (Å²) >= 11 is 0. The molecule has 1 fully saturated rings. The van der Waals surface area contributed by atoms with Crippen LogP contribution in [0.4, 0.5) is 5.82 Å². The van der Waals surface area contributed by atoms with Crippen molar-refractivity contribution in [1.82, 2.24) is 15.0 Å². The van der Waals surface area contributed by atoms with Gasteiger partial charge in [0.15, 0.2) is 5.82 Å². The minimum atomic E-state index is 0.596. The van der Waals surface area contributed by atoms with E-state index in [1.807, 2.05) is 4.68 Å². The van der Waals surface area contributed by atoms with Gasteiger partial charge in [-0.2, -0.15) is 0 Å². The Bertz CT molecular complexity index is 299. The van der Waals surface area contributed by atoms with Gasteiger partial charge in [0.2, 0.25) is 0 Å². The van der Waals surface area contributed by atoms with E-state index >= 15 is 0 Å². The fraction of sp³-hybridized carbons (Fsp3) is 0.800. The quantitative estimate of drug-likeness (QED) is 0.782. The van der Waals surface area contributed by atoms with E-state index in [-0.39, 0.29) is 0 Å². The third-order valence-electron chi connectivity index (χ3n) is 3.09. The Kier molecular flexibility index (Phi) is 2.70. The minimum absolute atomic E-state index is 0.596. The van der Waals surface area contributed by atoms with Gasteiger partial charge in [0.05, 0.1) is 5.69 Å². The highest BCUT2D eigenvalue weighted by atomic mass is 15.4. The largest absolute Gasteiger partial charge is 0.381 e. The summed E-state index contributed by atoms with van der Waals surface area (Å²) in [6.07, 6.45) is 6.50. The van der Waals surface area contributed by atoms with Crippen molar-refractivity contribution in [2.45, 2.75) is 51.5 Å². The van der Waals surface area contributed by atoms with Crippen LogP contribution < -0.4 is 5.73 Å². The van der Waals surface area contributed by atoms with Crippen LogP contribution in [-0.4, -0.2) is 15.0 Å². The van der Waals surface area contributed by atoms with Crippen LogP contribution in [0.5, 0.6) is 0 Å². The van der Waals surface area contributed by atoms with Crippen molar-refractivity contribution in [3.05, 3.63) is 5.69 Å². The summed E-state index contributed by atoms with van der Waals surface area (Å²) in [6, 6.07) is 0. The van der Waals surface area contributed by atoms with E-state index in [4.69, 9.17) is 5.73 Å². The zero-order chi connectivity index (χ0) is 9.97. The normalized spacial score (nSPS) is 18.6. The maximum atomic E-state index is 5.85. The van der Waals surface area contributed by atoms with E-state index in [0.717, 1.165) is 6.54 Å². The van der Waals surface area contributed by atoms with Gasteiger partial charge < -0.3 is 5.73 Å². The lowest BCUT2D eigenvalue weighted by Gasteiger charge is -2.22. The van der Waals surface area contributed by atoms with Gasteiger partial charge >= 0.3 is 0 Å². The highest BCUT2D eigenvalue weighted by Crippen LogP contribution is 2.34. The van der Waals surface area contributed by atoms with E-state index in [1.54, 1.807) is 0 Å². The fourth-order valence-electron chi connectivity index (χ4n) is 2.36. The number of nitrogen functional groups attached to an aromatic ring is 1. The molecule has 4 nitrogen and oxygen atoms in total. The van der Waals surface area contributed by atoms with Gasteiger partial charge in [-0.15, -0.1) is 5.10 Å². The second-order valence-electron chi connectivity index (χ2n) is 4.01. The fourth-order valence-corrected chi connectivity index (χ4v) is 2.36. The zero-order valence-electron chi connectivity index (χ0n) is 8.74. The summed E-state index contributed by atoms with van der Waals surface area (Å²) in [6.45, 7) is 2.95. The molecule has 1 aliphatic rings. The van der Waals surface area contributed by atoms with Gasteiger partial charge in [-0.25, -0.2) is 4.68 Å². The molecular formula is C10H18N4. The van der Waals surface area contributed by atoms with Gasteiger partial charge in [0.1, 0.15) is 0 Å². The molecule has 14 heavy (non-hydrogen) atoms. The van der Waals surface area contributed by atoms with Crippen LogP contribution in [0.1, 0.15) is 50.6 Å². The van der Waals surface area contributed by atoms with Crippen LogP contribution in [0.3, 0.4) is 0 Å². The Balaban J connectivity index is 2.23. The minimum Gasteiger partial charge on any atom is -0.381 e. The number of nitrogens with zero attached hydrogens (tertiary/aromatic N) is 3. The molecule has 0 radical (unpaired) electrons. The molecule has 1 aliphatic carbocycles. The average Bonchev–Trinajstić information content (AvgIpc) is 2.61. The Hall–Kier alpha value is -1.06. The van der Waals surface area contributed by atoms with Crippen LogP contribution in [0.2, 0.25) is 0 Å². The second-order valence-corrected chi connectivity index (χ2v) is 4.01.